The predicted octanol–water partition coefficient (Wildman–Crippen LogP) is 3.43. The molecule has 2 amide bonds. The molecule has 156 valence electrons. The topological polar surface area (TPSA) is 70.7 Å². The second-order valence-electron chi connectivity index (χ2n) is 7.87. The minimum atomic E-state index is -0.159. The maximum atomic E-state index is 12.0. The molecule has 0 atom stereocenters. The Balaban J connectivity index is 1.61. The van der Waals surface area contributed by atoms with Crippen LogP contribution in [-0.4, -0.2) is 50.5 Å². The van der Waals surface area contributed by atoms with E-state index in [0.29, 0.717) is 6.54 Å². The van der Waals surface area contributed by atoms with Crippen LogP contribution in [0.2, 0.25) is 0 Å². The van der Waals surface area contributed by atoms with E-state index in [0.717, 1.165) is 36.9 Å². The molecule has 0 bridgehead atoms. The first-order valence-corrected chi connectivity index (χ1v) is 10.5. The van der Waals surface area contributed by atoms with Gasteiger partial charge in [0, 0.05) is 31.6 Å². The standard InChI is InChI=1S/C22H35N3O3/c1-25(2)16-15-23-21(26)12-13-22(27)24-19-8-10-20(11-9-19)28-17-14-18-6-4-3-5-7-18/h8-11,18H,3-7,12-17H2,1-2H3,(H,23,26)(H,24,27). The van der Waals surface area contributed by atoms with Gasteiger partial charge in [0.05, 0.1) is 6.61 Å². The minimum absolute atomic E-state index is 0.0984. The summed E-state index contributed by atoms with van der Waals surface area (Å²) in [5.41, 5.74) is 0.720. The van der Waals surface area contributed by atoms with Crippen molar-refractivity contribution < 1.29 is 14.3 Å². The molecule has 0 aliphatic heterocycles. The number of carbonyl (C=O) groups is 2. The van der Waals surface area contributed by atoms with Crippen molar-refractivity contribution in [3.63, 3.8) is 0 Å². The van der Waals surface area contributed by atoms with Gasteiger partial charge < -0.3 is 20.3 Å². The van der Waals surface area contributed by atoms with Gasteiger partial charge in [0.2, 0.25) is 11.8 Å². The molecule has 0 radical (unpaired) electrons. The molecule has 28 heavy (non-hydrogen) atoms. The van der Waals surface area contributed by atoms with Crippen molar-refractivity contribution in [2.24, 2.45) is 5.92 Å². The molecule has 1 aliphatic carbocycles. The van der Waals surface area contributed by atoms with E-state index in [1.165, 1.54) is 32.1 Å². The summed E-state index contributed by atoms with van der Waals surface area (Å²) in [6, 6.07) is 7.44. The molecule has 1 aromatic carbocycles. The van der Waals surface area contributed by atoms with Crippen molar-refractivity contribution in [1.82, 2.24) is 10.2 Å². The van der Waals surface area contributed by atoms with Gasteiger partial charge in [-0.05, 0) is 50.7 Å². The first-order valence-electron chi connectivity index (χ1n) is 10.5. The monoisotopic (exact) mass is 389 g/mol. The van der Waals surface area contributed by atoms with Crippen molar-refractivity contribution in [3.05, 3.63) is 24.3 Å². The van der Waals surface area contributed by atoms with E-state index in [2.05, 4.69) is 10.6 Å². The number of hydrogen-bond acceptors (Lipinski definition) is 4. The van der Waals surface area contributed by atoms with Crippen LogP contribution in [0.15, 0.2) is 24.3 Å². The van der Waals surface area contributed by atoms with Crippen LogP contribution in [0.4, 0.5) is 5.69 Å². The number of carbonyl (C=O) groups excluding carboxylic acids is 2. The second kappa shape index (κ2) is 12.4. The third-order valence-electron chi connectivity index (χ3n) is 5.12. The molecule has 0 unspecified atom stereocenters. The number of ether oxygens (including phenoxy) is 1. The van der Waals surface area contributed by atoms with Gasteiger partial charge in [-0.3, -0.25) is 9.59 Å². The van der Waals surface area contributed by atoms with Crippen molar-refractivity contribution in [3.8, 4) is 5.75 Å². The highest BCUT2D eigenvalue weighted by atomic mass is 16.5. The van der Waals surface area contributed by atoms with Crippen LogP contribution in [0.25, 0.3) is 0 Å². The molecule has 1 aromatic rings. The van der Waals surface area contributed by atoms with Crippen LogP contribution in [0.5, 0.6) is 5.75 Å². The largest absolute Gasteiger partial charge is 0.494 e. The molecule has 2 N–H and O–H groups in total. The summed E-state index contributed by atoms with van der Waals surface area (Å²) in [6.45, 7) is 2.13. The molecule has 1 aliphatic rings. The summed E-state index contributed by atoms with van der Waals surface area (Å²) in [7, 11) is 3.90. The Labute approximate surface area is 169 Å². The van der Waals surface area contributed by atoms with Crippen molar-refractivity contribution >= 4 is 17.5 Å². The fourth-order valence-corrected chi connectivity index (χ4v) is 3.41. The van der Waals surface area contributed by atoms with Gasteiger partial charge >= 0.3 is 0 Å². The lowest BCUT2D eigenvalue weighted by Crippen LogP contribution is -2.31. The first kappa shape index (κ1) is 22.2. The number of anilines is 1. The first-order chi connectivity index (χ1) is 13.5. The van der Waals surface area contributed by atoms with Crippen LogP contribution in [0, 0.1) is 5.92 Å². The SMILES string of the molecule is CN(C)CCNC(=O)CCC(=O)Nc1ccc(OCCC2CCCCC2)cc1. The van der Waals surface area contributed by atoms with E-state index in [4.69, 9.17) is 4.74 Å². The third-order valence-corrected chi connectivity index (χ3v) is 5.12. The van der Waals surface area contributed by atoms with Crippen molar-refractivity contribution in [2.45, 2.75) is 51.4 Å². The fraction of sp³-hybridized carbons (Fsp3) is 0.636. The highest BCUT2D eigenvalue weighted by Gasteiger charge is 2.13. The molecular weight excluding hydrogens is 354 g/mol. The van der Waals surface area contributed by atoms with E-state index >= 15 is 0 Å². The van der Waals surface area contributed by atoms with E-state index in [1.54, 1.807) is 0 Å². The maximum Gasteiger partial charge on any atom is 0.224 e. The van der Waals surface area contributed by atoms with Gasteiger partial charge in [-0.1, -0.05) is 32.1 Å². The zero-order valence-electron chi connectivity index (χ0n) is 17.3. The zero-order chi connectivity index (χ0) is 20.2. The third kappa shape index (κ3) is 9.22. The van der Waals surface area contributed by atoms with Gasteiger partial charge in [-0.15, -0.1) is 0 Å². The lowest BCUT2D eigenvalue weighted by Gasteiger charge is -2.21. The smallest absolute Gasteiger partial charge is 0.224 e. The number of nitrogens with zero attached hydrogens (tertiary/aromatic N) is 1. The summed E-state index contributed by atoms with van der Waals surface area (Å²) in [6.07, 6.45) is 8.26. The van der Waals surface area contributed by atoms with Gasteiger partial charge in [-0.25, -0.2) is 0 Å². The van der Waals surface area contributed by atoms with Crippen LogP contribution in [0.1, 0.15) is 51.4 Å². The molecule has 0 aromatic heterocycles. The Morgan fingerprint density at radius 1 is 1.04 bits per heavy atom. The average Bonchev–Trinajstić information content (AvgIpc) is 2.68. The Kier molecular flexibility index (Phi) is 9.83. The van der Waals surface area contributed by atoms with Crippen LogP contribution in [0.3, 0.4) is 0 Å². The zero-order valence-corrected chi connectivity index (χ0v) is 17.3. The van der Waals surface area contributed by atoms with Crippen LogP contribution < -0.4 is 15.4 Å². The number of likely N-dealkylation sites (N-methyl/N-ethyl adjacent to an activating group) is 1. The molecule has 0 spiro atoms. The van der Waals surface area contributed by atoms with E-state index < -0.39 is 0 Å². The van der Waals surface area contributed by atoms with Crippen molar-refractivity contribution in [2.75, 3.05) is 39.1 Å². The highest BCUT2D eigenvalue weighted by Crippen LogP contribution is 2.26. The molecule has 0 heterocycles. The Morgan fingerprint density at radius 3 is 2.39 bits per heavy atom. The van der Waals surface area contributed by atoms with Crippen molar-refractivity contribution in [1.29, 1.82) is 0 Å². The lowest BCUT2D eigenvalue weighted by atomic mass is 9.87. The van der Waals surface area contributed by atoms with Gasteiger partial charge in [0.1, 0.15) is 5.75 Å². The summed E-state index contributed by atoms with van der Waals surface area (Å²) in [5.74, 6) is 1.38. The summed E-state index contributed by atoms with van der Waals surface area (Å²) >= 11 is 0. The van der Waals surface area contributed by atoms with Gasteiger partial charge in [0.15, 0.2) is 0 Å². The molecule has 0 saturated heterocycles. The fourth-order valence-electron chi connectivity index (χ4n) is 3.41. The summed E-state index contributed by atoms with van der Waals surface area (Å²) in [4.78, 5) is 25.7. The molecule has 1 saturated carbocycles. The summed E-state index contributed by atoms with van der Waals surface area (Å²) < 4.78 is 5.83. The molecule has 1 fully saturated rings. The van der Waals surface area contributed by atoms with Gasteiger partial charge in [-0.2, -0.15) is 0 Å². The minimum Gasteiger partial charge on any atom is -0.494 e. The van der Waals surface area contributed by atoms with Gasteiger partial charge in [0.25, 0.3) is 0 Å². The van der Waals surface area contributed by atoms with Crippen LogP contribution in [-0.2, 0) is 9.59 Å². The Hall–Kier alpha value is -2.08. The Morgan fingerprint density at radius 2 is 1.71 bits per heavy atom. The molecular formula is C22H35N3O3. The Bertz CT molecular complexity index is 596. The summed E-state index contributed by atoms with van der Waals surface area (Å²) in [5, 5.41) is 5.63. The average molecular weight is 390 g/mol. The van der Waals surface area contributed by atoms with Crippen LogP contribution >= 0.6 is 0 Å². The van der Waals surface area contributed by atoms with E-state index in [1.807, 2.05) is 43.3 Å². The number of benzene rings is 1. The molecule has 2 rings (SSSR count). The highest BCUT2D eigenvalue weighted by molar-refractivity contribution is 5.93. The second-order valence-corrected chi connectivity index (χ2v) is 7.87. The van der Waals surface area contributed by atoms with E-state index in [-0.39, 0.29) is 24.7 Å². The number of amides is 2. The molecule has 6 nitrogen and oxygen atoms in total. The van der Waals surface area contributed by atoms with E-state index in [9.17, 15) is 9.59 Å². The number of nitrogens with one attached hydrogen (secondary N) is 2. The number of rotatable bonds is 11. The quantitative estimate of drug-likeness (QED) is 0.608. The predicted molar refractivity (Wildman–Crippen MR) is 113 cm³/mol. The normalized spacial score (nSPS) is 14.7. The number of hydrogen-bond donors (Lipinski definition) is 2. The lowest BCUT2D eigenvalue weighted by molar-refractivity contribution is -0.124. The molecule has 6 heteroatoms. The maximum absolute atomic E-state index is 12.0.